The Morgan fingerprint density at radius 2 is 2.11 bits per heavy atom. The zero-order chi connectivity index (χ0) is 13.9. The topological polar surface area (TPSA) is 57.3 Å². The minimum Gasteiger partial charge on any atom is -0.502 e. The molecule has 1 heterocycles. The second kappa shape index (κ2) is 10.2. The molecule has 0 amide bonds. The van der Waals surface area contributed by atoms with Gasteiger partial charge in [0.2, 0.25) is 0 Å². The summed E-state index contributed by atoms with van der Waals surface area (Å²) >= 11 is 0. The number of rotatable bonds is 10. The second-order valence-corrected chi connectivity index (χ2v) is 5.16. The molecule has 1 unspecified atom stereocenters. The number of nitrogens with one attached hydrogen (secondary N) is 4. The number of hydrogen-bond acceptors (Lipinski definition) is 5. The summed E-state index contributed by atoms with van der Waals surface area (Å²) in [7, 11) is 1.68. The molecule has 0 aromatic rings. The Kier molecular flexibility index (Phi) is 8.82. The van der Waals surface area contributed by atoms with Crippen molar-refractivity contribution in [2.24, 2.45) is 5.92 Å². The van der Waals surface area contributed by atoms with Gasteiger partial charge in [-0.25, -0.2) is 0 Å². The SMILES string of the molecule is C=C(CC(CNNCC)NCC1CCNCC1)OC. The van der Waals surface area contributed by atoms with Crippen molar-refractivity contribution in [3.8, 4) is 0 Å². The quantitative estimate of drug-likeness (QED) is 0.266. The Hall–Kier alpha value is -0.620. The number of hydrogen-bond donors (Lipinski definition) is 4. The normalized spacial score (nSPS) is 18.2. The first-order valence-corrected chi connectivity index (χ1v) is 7.37. The third kappa shape index (κ3) is 7.52. The fraction of sp³-hybridized carbons (Fsp3) is 0.857. The molecule has 5 heteroatoms. The lowest BCUT2D eigenvalue weighted by Crippen LogP contribution is -2.46. The van der Waals surface area contributed by atoms with Crippen molar-refractivity contribution in [2.75, 3.05) is 39.8 Å². The highest BCUT2D eigenvalue weighted by atomic mass is 16.5. The highest BCUT2D eigenvalue weighted by Crippen LogP contribution is 2.11. The van der Waals surface area contributed by atoms with Crippen LogP contribution >= 0.6 is 0 Å². The van der Waals surface area contributed by atoms with Crippen molar-refractivity contribution in [3.05, 3.63) is 12.3 Å². The summed E-state index contributed by atoms with van der Waals surface area (Å²) in [5, 5.41) is 7.04. The lowest BCUT2D eigenvalue weighted by atomic mass is 9.97. The zero-order valence-electron chi connectivity index (χ0n) is 12.4. The van der Waals surface area contributed by atoms with E-state index in [1.54, 1.807) is 7.11 Å². The van der Waals surface area contributed by atoms with E-state index in [1.165, 1.54) is 12.8 Å². The molecule has 0 aliphatic carbocycles. The van der Waals surface area contributed by atoms with Gasteiger partial charge < -0.3 is 15.4 Å². The highest BCUT2D eigenvalue weighted by molar-refractivity contribution is 4.89. The van der Waals surface area contributed by atoms with E-state index in [2.05, 4.69) is 35.0 Å². The van der Waals surface area contributed by atoms with Gasteiger partial charge in [-0.15, -0.1) is 0 Å². The largest absolute Gasteiger partial charge is 0.502 e. The van der Waals surface area contributed by atoms with Crippen molar-refractivity contribution in [1.29, 1.82) is 0 Å². The van der Waals surface area contributed by atoms with Gasteiger partial charge >= 0.3 is 0 Å². The van der Waals surface area contributed by atoms with Crippen molar-refractivity contribution in [2.45, 2.75) is 32.2 Å². The molecule has 0 saturated carbocycles. The van der Waals surface area contributed by atoms with E-state index in [0.717, 1.165) is 50.8 Å². The third-order valence-electron chi connectivity index (χ3n) is 3.57. The first kappa shape index (κ1) is 16.4. The summed E-state index contributed by atoms with van der Waals surface area (Å²) in [6.07, 6.45) is 3.39. The average Bonchev–Trinajstić information content (AvgIpc) is 2.45. The summed E-state index contributed by atoms with van der Waals surface area (Å²) < 4.78 is 5.19. The molecule has 1 aliphatic rings. The lowest BCUT2D eigenvalue weighted by Gasteiger charge is -2.26. The summed E-state index contributed by atoms with van der Waals surface area (Å²) in [5.74, 6) is 1.62. The highest BCUT2D eigenvalue weighted by Gasteiger charge is 2.16. The maximum absolute atomic E-state index is 5.19. The molecule has 1 fully saturated rings. The Morgan fingerprint density at radius 1 is 1.37 bits per heavy atom. The molecule has 0 aromatic carbocycles. The summed E-state index contributed by atoms with van der Waals surface area (Å²) in [5.41, 5.74) is 6.37. The predicted octanol–water partition coefficient (Wildman–Crippen LogP) is 0.609. The van der Waals surface area contributed by atoms with Crippen LogP contribution in [-0.4, -0.2) is 45.9 Å². The Balaban J connectivity index is 2.27. The van der Waals surface area contributed by atoms with Gasteiger partial charge in [-0.1, -0.05) is 13.5 Å². The van der Waals surface area contributed by atoms with E-state index in [1.807, 2.05) is 0 Å². The molecule has 1 atom stereocenters. The molecule has 5 nitrogen and oxygen atoms in total. The van der Waals surface area contributed by atoms with E-state index in [9.17, 15) is 0 Å². The average molecular weight is 270 g/mol. The Morgan fingerprint density at radius 3 is 2.74 bits per heavy atom. The predicted molar refractivity (Wildman–Crippen MR) is 79.8 cm³/mol. The van der Waals surface area contributed by atoms with Crippen LogP contribution in [0.5, 0.6) is 0 Å². The molecule has 1 saturated heterocycles. The van der Waals surface area contributed by atoms with Gasteiger partial charge in [-0.05, 0) is 38.4 Å². The summed E-state index contributed by atoms with van der Waals surface area (Å²) in [6.45, 7) is 11.2. The van der Waals surface area contributed by atoms with Crippen LogP contribution in [-0.2, 0) is 4.74 Å². The first-order valence-electron chi connectivity index (χ1n) is 7.37. The first-order chi connectivity index (χ1) is 9.26. The van der Waals surface area contributed by atoms with E-state index < -0.39 is 0 Å². The Labute approximate surface area is 117 Å². The van der Waals surface area contributed by atoms with E-state index in [4.69, 9.17) is 4.74 Å². The fourth-order valence-corrected chi connectivity index (χ4v) is 2.31. The van der Waals surface area contributed by atoms with Gasteiger partial charge in [0.05, 0.1) is 12.9 Å². The standard InChI is InChI=1S/C14H30N4O/c1-4-17-18-11-14(9-12(2)19-3)16-10-13-5-7-15-8-6-13/h13-18H,2,4-11H2,1,3H3. The van der Waals surface area contributed by atoms with Gasteiger partial charge in [0, 0.05) is 25.6 Å². The van der Waals surface area contributed by atoms with Crippen molar-refractivity contribution >= 4 is 0 Å². The second-order valence-electron chi connectivity index (χ2n) is 5.16. The molecular weight excluding hydrogens is 240 g/mol. The smallest absolute Gasteiger partial charge is 0.0899 e. The van der Waals surface area contributed by atoms with Crippen LogP contribution in [0.2, 0.25) is 0 Å². The van der Waals surface area contributed by atoms with Crippen molar-refractivity contribution in [1.82, 2.24) is 21.5 Å². The van der Waals surface area contributed by atoms with Gasteiger partial charge in [0.15, 0.2) is 0 Å². The minimum atomic E-state index is 0.362. The fourth-order valence-electron chi connectivity index (χ4n) is 2.31. The van der Waals surface area contributed by atoms with Crippen LogP contribution in [0.3, 0.4) is 0 Å². The lowest BCUT2D eigenvalue weighted by molar-refractivity contribution is 0.256. The van der Waals surface area contributed by atoms with Gasteiger partial charge in [-0.2, -0.15) is 0 Å². The Bertz CT molecular complexity index is 242. The zero-order valence-corrected chi connectivity index (χ0v) is 12.4. The van der Waals surface area contributed by atoms with Crippen molar-refractivity contribution < 1.29 is 4.74 Å². The molecule has 0 bridgehead atoms. The number of piperidine rings is 1. The van der Waals surface area contributed by atoms with Gasteiger partial charge in [0.1, 0.15) is 0 Å². The number of hydrazine groups is 1. The molecule has 112 valence electrons. The maximum atomic E-state index is 5.19. The molecule has 0 radical (unpaired) electrons. The van der Waals surface area contributed by atoms with Crippen LogP contribution in [0.4, 0.5) is 0 Å². The molecule has 1 aliphatic heterocycles. The monoisotopic (exact) mass is 270 g/mol. The molecule has 4 N–H and O–H groups in total. The van der Waals surface area contributed by atoms with Crippen LogP contribution < -0.4 is 21.5 Å². The van der Waals surface area contributed by atoms with E-state index in [0.29, 0.717) is 6.04 Å². The molecule has 19 heavy (non-hydrogen) atoms. The van der Waals surface area contributed by atoms with Crippen molar-refractivity contribution in [3.63, 3.8) is 0 Å². The summed E-state index contributed by atoms with van der Waals surface area (Å²) in [6, 6.07) is 0.362. The third-order valence-corrected chi connectivity index (χ3v) is 3.57. The van der Waals surface area contributed by atoms with E-state index >= 15 is 0 Å². The van der Waals surface area contributed by atoms with Gasteiger partial charge in [-0.3, -0.25) is 10.9 Å². The maximum Gasteiger partial charge on any atom is 0.0899 e. The van der Waals surface area contributed by atoms with Gasteiger partial charge in [0.25, 0.3) is 0 Å². The molecule has 0 aromatic heterocycles. The molecular formula is C14H30N4O. The number of ether oxygens (including phenoxy) is 1. The van der Waals surface area contributed by atoms with Crippen LogP contribution in [0.25, 0.3) is 0 Å². The minimum absolute atomic E-state index is 0.362. The molecule has 0 spiro atoms. The molecule has 1 rings (SSSR count). The van der Waals surface area contributed by atoms with Crippen LogP contribution in [0.1, 0.15) is 26.2 Å². The van der Waals surface area contributed by atoms with Crippen LogP contribution in [0, 0.1) is 5.92 Å². The van der Waals surface area contributed by atoms with E-state index in [-0.39, 0.29) is 0 Å². The van der Waals surface area contributed by atoms with Crippen LogP contribution in [0.15, 0.2) is 12.3 Å². The summed E-state index contributed by atoms with van der Waals surface area (Å²) in [4.78, 5) is 0. The number of methoxy groups -OCH3 is 1.